The number of hydrogen-bond acceptors (Lipinski definition) is 8. The second-order valence-corrected chi connectivity index (χ2v) is 9.28. The number of ether oxygens (including phenoxy) is 2. The number of rotatable bonds is 2. The third-order valence-corrected chi connectivity index (χ3v) is 5.87. The van der Waals surface area contributed by atoms with Crippen LogP contribution in [0.15, 0.2) is 55.9 Å². The Bertz CT molecular complexity index is 1450. The van der Waals surface area contributed by atoms with E-state index in [1.165, 1.54) is 12.8 Å². The van der Waals surface area contributed by atoms with E-state index in [0.29, 0.717) is 23.4 Å². The lowest BCUT2D eigenvalue weighted by molar-refractivity contribution is 0.113. The third-order valence-electron chi connectivity index (χ3n) is 5.79. The van der Waals surface area contributed by atoms with Crippen LogP contribution in [0, 0.1) is 11.6 Å². The van der Waals surface area contributed by atoms with E-state index in [9.17, 15) is 37.5 Å². The maximum atomic E-state index is 13.1. The first-order chi connectivity index (χ1) is 19.6. The molecule has 3 N–H and O–H groups in total. The fourth-order valence-corrected chi connectivity index (χ4v) is 3.85. The van der Waals surface area contributed by atoms with E-state index in [2.05, 4.69) is 6.08 Å². The van der Waals surface area contributed by atoms with Gasteiger partial charge in [0.15, 0.2) is 0 Å². The number of nitrogens with zero attached hydrogens (tertiary/aromatic N) is 1. The molecule has 2 aromatic rings. The average molecular weight is 601 g/mol. The number of carbonyl (C=O) groups is 2. The molecule has 2 aliphatic carbocycles. The standard InChI is InChI=1S/C13H15FN2O4.C9H13ClO2.C4H3FN2O2/c14-10-8-16(12(18)15-11(10)17)13(19)20-9-6-4-2-1-3-5-7-9;10-9(11)12-8-6-4-2-1-3-5-7-8;5-2-1-6-4(9)7-3(2)8/h4,6,8-9H,1-3,5,7H2,(H,15,17,18);4,6,8H,1-3,5,7H2;1H,(H2,6,7,8,9)/b2*6-4+;. The number of allylic oxidation sites excluding steroid dienone is 2. The average Bonchev–Trinajstić information content (AvgIpc) is 2.87. The van der Waals surface area contributed by atoms with Gasteiger partial charge in [-0.25, -0.2) is 23.7 Å². The van der Waals surface area contributed by atoms with E-state index in [4.69, 9.17) is 21.1 Å². The first kappa shape index (κ1) is 33.1. The van der Waals surface area contributed by atoms with Gasteiger partial charge in [0.1, 0.15) is 12.2 Å². The molecule has 0 aromatic carbocycles. The molecule has 0 fully saturated rings. The summed E-state index contributed by atoms with van der Waals surface area (Å²) in [6, 6.07) is 0. The zero-order chi connectivity index (χ0) is 30.2. The zero-order valence-electron chi connectivity index (χ0n) is 22.0. The second-order valence-electron chi connectivity index (χ2n) is 8.97. The number of hydrogen-bond donors (Lipinski definition) is 3. The van der Waals surface area contributed by atoms with Crippen LogP contribution in [0.5, 0.6) is 0 Å². The molecule has 4 rings (SSSR count). The Balaban J connectivity index is 0.000000237. The minimum Gasteiger partial charge on any atom is -0.446 e. The van der Waals surface area contributed by atoms with Gasteiger partial charge in [0.25, 0.3) is 11.1 Å². The number of nitrogens with one attached hydrogen (secondary N) is 3. The van der Waals surface area contributed by atoms with E-state index in [1.807, 2.05) is 17.1 Å². The fourth-order valence-electron chi connectivity index (χ4n) is 3.74. The Hall–Kier alpha value is -4.07. The van der Waals surface area contributed by atoms with Crippen LogP contribution in [0.3, 0.4) is 0 Å². The van der Waals surface area contributed by atoms with Crippen molar-refractivity contribution in [3.8, 4) is 0 Å². The van der Waals surface area contributed by atoms with Crippen LogP contribution in [0.2, 0.25) is 0 Å². The number of halogens is 3. The Kier molecular flexibility index (Phi) is 14.2. The summed E-state index contributed by atoms with van der Waals surface area (Å²) in [4.78, 5) is 70.2. The van der Waals surface area contributed by atoms with Crippen molar-refractivity contribution >= 4 is 23.1 Å². The van der Waals surface area contributed by atoms with Gasteiger partial charge in [-0.05, 0) is 63.5 Å². The highest BCUT2D eigenvalue weighted by Crippen LogP contribution is 2.15. The lowest BCUT2D eigenvalue weighted by Gasteiger charge is -2.16. The van der Waals surface area contributed by atoms with Crippen molar-refractivity contribution in [2.24, 2.45) is 0 Å². The molecule has 2 unspecified atom stereocenters. The van der Waals surface area contributed by atoms with Crippen molar-refractivity contribution < 1.29 is 27.8 Å². The van der Waals surface area contributed by atoms with Crippen molar-refractivity contribution in [3.05, 3.63) is 90.0 Å². The van der Waals surface area contributed by atoms with Crippen LogP contribution in [0.25, 0.3) is 0 Å². The van der Waals surface area contributed by atoms with Crippen LogP contribution in [-0.2, 0) is 9.47 Å². The zero-order valence-corrected chi connectivity index (χ0v) is 22.8. The highest BCUT2D eigenvalue weighted by molar-refractivity contribution is 6.61. The molecule has 0 aliphatic heterocycles. The molecule has 0 radical (unpaired) electrons. The molecular weight excluding hydrogens is 570 g/mol. The van der Waals surface area contributed by atoms with Crippen molar-refractivity contribution in [2.45, 2.75) is 76.4 Å². The van der Waals surface area contributed by atoms with Gasteiger partial charge in [-0.1, -0.05) is 25.0 Å². The van der Waals surface area contributed by atoms with Gasteiger partial charge in [-0.2, -0.15) is 8.78 Å². The van der Waals surface area contributed by atoms with Gasteiger partial charge >= 0.3 is 22.9 Å². The molecule has 2 aliphatic rings. The maximum absolute atomic E-state index is 13.1. The third kappa shape index (κ3) is 12.8. The van der Waals surface area contributed by atoms with Crippen LogP contribution in [-0.4, -0.2) is 43.2 Å². The summed E-state index contributed by atoms with van der Waals surface area (Å²) in [7, 11) is 0. The predicted octanol–water partition coefficient (Wildman–Crippen LogP) is 4.00. The minimum atomic E-state index is -1.21. The largest absolute Gasteiger partial charge is 0.446 e. The summed E-state index contributed by atoms with van der Waals surface area (Å²) < 4.78 is 35.5. The fraction of sp³-hybridized carbons (Fsp3) is 0.462. The van der Waals surface area contributed by atoms with Crippen molar-refractivity contribution in [1.29, 1.82) is 0 Å². The summed E-state index contributed by atoms with van der Waals surface area (Å²) in [5, 5.41) is 0. The molecular formula is C26H31ClF2N4O8. The molecule has 2 atom stereocenters. The van der Waals surface area contributed by atoms with Crippen LogP contribution >= 0.6 is 11.6 Å². The quantitative estimate of drug-likeness (QED) is 0.342. The maximum Gasteiger partial charge on any atom is 0.422 e. The molecule has 2 aromatic heterocycles. The molecule has 0 spiro atoms. The monoisotopic (exact) mass is 600 g/mol. The highest BCUT2D eigenvalue weighted by atomic mass is 35.5. The molecule has 0 amide bonds. The Morgan fingerprint density at radius 3 is 1.90 bits per heavy atom. The first-order valence-corrected chi connectivity index (χ1v) is 13.3. The van der Waals surface area contributed by atoms with Crippen LogP contribution in [0.4, 0.5) is 18.4 Å². The van der Waals surface area contributed by atoms with E-state index in [-0.39, 0.29) is 6.10 Å². The summed E-state index contributed by atoms with van der Waals surface area (Å²) in [5.74, 6) is -2.20. The normalized spacial score (nSPS) is 20.1. The Labute approximate surface area is 237 Å². The number of carbonyl (C=O) groups excluding carboxylic acids is 2. The van der Waals surface area contributed by atoms with Crippen molar-refractivity contribution in [3.63, 3.8) is 0 Å². The smallest absolute Gasteiger partial charge is 0.422 e. The Morgan fingerprint density at radius 1 is 0.805 bits per heavy atom. The summed E-state index contributed by atoms with van der Waals surface area (Å²) in [6.07, 6.45) is 17.6. The molecule has 0 saturated carbocycles. The predicted molar refractivity (Wildman–Crippen MR) is 145 cm³/mol. The summed E-state index contributed by atoms with van der Waals surface area (Å²) in [5.41, 5.74) is -4.59. The lowest BCUT2D eigenvalue weighted by Crippen LogP contribution is -2.36. The number of aromatic amines is 3. The van der Waals surface area contributed by atoms with Gasteiger partial charge in [-0.3, -0.25) is 19.6 Å². The van der Waals surface area contributed by atoms with Gasteiger partial charge in [0.05, 0.1) is 6.20 Å². The van der Waals surface area contributed by atoms with Crippen molar-refractivity contribution in [2.75, 3.05) is 0 Å². The molecule has 0 bridgehead atoms. The molecule has 224 valence electrons. The number of H-pyrrole nitrogens is 3. The van der Waals surface area contributed by atoms with E-state index < -0.39 is 51.8 Å². The highest BCUT2D eigenvalue weighted by Gasteiger charge is 2.17. The SMILES string of the molecule is O=C(Cl)OC1/C=C/CCCCC1.O=C(OC1/C=C/CCCCC1)n1cc(F)c(=O)[nH]c1=O.O=c1[nH]cc(F)c(=O)[nH]1. The van der Waals surface area contributed by atoms with Crippen LogP contribution in [0.1, 0.15) is 64.2 Å². The summed E-state index contributed by atoms with van der Waals surface area (Å²) >= 11 is 5.11. The van der Waals surface area contributed by atoms with Crippen LogP contribution < -0.4 is 22.5 Å². The Morgan fingerprint density at radius 2 is 1.37 bits per heavy atom. The van der Waals surface area contributed by atoms with E-state index in [0.717, 1.165) is 44.9 Å². The molecule has 41 heavy (non-hydrogen) atoms. The lowest BCUT2D eigenvalue weighted by atomic mass is 10.0. The second kappa shape index (κ2) is 17.6. The van der Waals surface area contributed by atoms with E-state index in [1.54, 1.807) is 16.0 Å². The molecule has 15 heteroatoms. The first-order valence-electron chi connectivity index (χ1n) is 13.0. The van der Waals surface area contributed by atoms with Gasteiger partial charge < -0.3 is 14.5 Å². The van der Waals surface area contributed by atoms with Gasteiger partial charge in [-0.15, -0.1) is 0 Å². The minimum absolute atomic E-state index is 0.102. The molecule has 12 nitrogen and oxygen atoms in total. The van der Waals surface area contributed by atoms with Gasteiger partial charge in [0, 0.05) is 17.8 Å². The topological polar surface area (TPSA) is 173 Å². The molecule has 2 heterocycles. The summed E-state index contributed by atoms with van der Waals surface area (Å²) in [6.45, 7) is 0. The van der Waals surface area contributed by atoms with E-state index >= 15 is 0 Å². The van der Waals surface area contributed by atoms with Crippen molar-refractivity contribution in [1.82, 2.24) is 19.5 Å². The van der Waals surface area contributed by atoms with Gasteiger partial charge in [0.2, 0.25) is 11.6 Å². The molecule has 0 saturated heterocycles. The number of aromatic nitrogens is 4.